The van der Waals surface area contributed by atoms with E-state index in [1.54, 1.807) is 11.0 Å². The van der Waals surface area contributed by atoms with E-state index in [1.165, 1.54) is 29.3 Å². The first-order valence-corrected chi connectivity index (χ1v) is 16.0. The van der Waals surface area contributed by atoms with Gasteiger partial charge in [-0.05, 0) is 66.6 Å². The molecule has 3 heterocycles. The number of anilines is 3. The topological polar surface area (TPSA) is 135 Å². The van der Waals surface area contributed by atoms with Gasteiger partial charge in [0, 0.05) is 49.3 Å². The largest absolute Gasteiger partial charge is 0.436 e. The van der Waals surface area contributed by atoms with E-state index in [1.807, 2.05) is 18.2 Å². The van der Waals surface area contributed by atoms with Crippen molar-refractivity contribution in [3.8, 4) is 17.3 Å². The van der Waals surface area contributed by atoms with Gasteiger partial charge in [-0.1, -0.05) is 18.7 Å². The molecule has 1 aliphatic heterocycles. The monoisotopic (exact) mass is 732 g/mol. The Morgan fingerprint density at radius 3 is 2.49 bits per heavy atom. The number of amides is 3. The number of rotatable bonds is 11. The van der Waals surface area contributed by atoms with Crippen LogP contribution in [-0.4, -0.2) is 73.4 Å². The zero-order valence-corrected chi connectivity index (χ0v) is 27.6. The Labute approximate surface area is 298 Å². The third kappa shape index (κ3) is 8.63. The number of carbonyl (C=O) groups excluding carboxylic acids is 3. The Kier molecular flexibility index (Phi) is 10.4. The molecule has 1 saturated heterocycles. The maximum atomic E-state index is 15.1. The molecule has 272 valence electrons. The lowest BCUT2D eigenvalue weighted by Gasteiger charge is -2.33. The van der Waals surface area contributed by atoms with Gasteiger partial charge in [0.25, 0.3) is 5.91 Å². The summed E-state index contributed by atoms with van der Waals surface area (Å²) in [4.78, 5) is 48.8. The van der Waals surface area contributed by atoms with Gasteiger partial charge < -0.3 is 25.2 Å². The molecule has 5 aromatic rings. The van der Waals surface area contributed by atoms with Gasteiger partial charge in [-0.15, -0.1) is 0 Å². The highest BCUT2D eigenvalue weighted by atomic mass is 19.4. The molecular formula is C36H29F5N8O4. The molecular weight excluding hydrogens is 703 g/mol. The summed E-state index contributed by atoms with van der Waals surface area (Å²) in [5.41, 5.74) is -0.961. The van der Waals surface area contributed by atoms with E-state index in [0.717, 1.165) is 42.0 Å². The van der Waals surface area contributed by atoms with Crippen molar-refractivity contribution in [2.24, 2.45) is 0 Å². The highest BCUT2D eigenvalue weighted by molar-refractivity contribution is 6.05. The number of nitrogens with zero attached hydrogens (tertiary/aromatic N) is 6. The fourth-order valence-electron chi connectivity index (χ4n) is 5.46. The van der Waals surface area contributed by atoms with Crippen molar-refractivity contribution in [1.29, 1.82) is 0 Å². The van der Waals surface area contributed by atoms with E-state index in [9.17, 15) is 31.9 Å². The maximum absolute atomic E-state index is 15.1. The van der Waals surface area contributed by atoms with Crippen LogP contribution in [0.5, 0.6) is 11.6 Å². The van der Waals surface area contributed by atoms with Crippen LogP contribution in [0.3, 0.4) is 0 Å². The second-order valence-electron chi connectivity index (χ2n) is 11.6. The zero-order valence-electron chi connectivity index (χ0n) is 27.6. The van der Waals surface area contributed by atoms with Crippen molar-refractivity contribution in [2.75, 3.05) is 36.8 Å². The third-order valence-electron chi connectivity index (χ3n) is 8.05. The molecule has 0 unspecified atom stereocenters. The fraction of sp³-hybridized carbons (Fsp3) is 0.167. The van der Waals surface area contributed by atoms with Crippen LogP contribution in [-0.2, 0) is 22.2 Å². The van der Waals surface area contributed by atoms with E-state index in [4.69, 9.17) is 4.74 Å². The quantitative estimate of drug-likeness (QED) is 0.122. The minimum absolute atomic E-state index is 0.00709. The molecule has 0 spiro atoms. The number of carbonyl (C=O) groups is 3. The summed E-state index contributed by atoms with van der Waals surface area (Å²) in [5.74, 6) is -3.45. The van der Waals surface area contributed by atoms with Crippen LogP contribution in [0.2, 0.25) is 0 Å². The lowest BCUT2D eigenvalue weighted by atomic mass is 10.1. The highest BCUT2D eigenvalue weighted by Gasteiger charge is 2.40. The number of halogens is 5. The average molecular weight is 733 g/mol. The molecule has 2 aromatic heterocycles. The first kappa shape index (κ1) is 36.2. The van der Waals surface area contributed by atoms with Crippen molar-refractivity contribution < 1.29 is 41.1 Å². The molecule has 2 N–H and O–H groups in total. The molecule has 1 aliphatic rings. The van der Waals surface area contributed by atoms with Gasteiger partial charge in [0.2, 0.25) is 23.6 Å². The Morgan fingerprint density at radius 1 is 0.981 bits per heavy atom. The van der Waals surface area contributed by atoms with Gasteiger partial charge in [0.05, 0.1) is 17.4 Å². The molecule has 3 aromatic carbocycles. The molecule has 53 heavy (non-hydrogen) atoms. The second-order valence-corrected chi connectivity index (χ2v) is 11.6. The second kappa shape index (κ2) is 15.3. The average Bonchev–Trinajstić information content (AvgIpc) is 3.59. The lowest BCUT2D eigenvalue weighted by Crippen LogP contribution is -2.52. The molecule has 12 nitrogen and oxygen atoms in total. The molecule has 0 saturated carbocycles. The maximum Gasteiger partial charge on any atom is 0.434 e. The normalized spacial score (nSPS) is 13.1. The summed E-state index contributed by atoms with van der Waals surface area (Å²) < 4.78 is 76.5. The molecule has 0 bridgehead atoms. The minimum Gasteiger partial charge on any atom is -0.436 e. The molecule has 3 amide bonds. The molecule has 17 heteroatoms. The Balaban J connectivity index is 1.08. The van der Waals surface area contributed by atoms with Gasteiger partial charge in [0.15, 0.2) is 17.3 Å². The molecule has 1 fully saturated rings. The molecule has 6 rings (SSSR count). The Bertz CT molecular complexity index is 2170. The van der Waals surface area contributed by atoms with Crippen molar-refractivity contribution >= 4 is 35.0 Å². The number of benzene rings is 3. The summed E-state index contributed by atoms with van der Waals surface area (Å²) in [6.45, 7) is 4.78. The Morgan fingerprint density at radius 2 is 1.77 bits per heavy atom. The zero-order chi connectivity index (χ0) is 37.7. The number of hydrogen-bond donors (Lipinski definition) is 2. The van der Waals surface area contributed by atoms with E-state index in [-0.39, 0.29) is 47.3 Å². The van der Waals surface area contributed by atoms with Gasteiger partial charge in [-0.25, -0.2) is 18.4 Å². The summed E-state index contributed by atoms with van der Waals surface area (Å²) in [5, 5.41) is 8.96. The van der Waals surface area contributed by atoms with E-state index < -0.39 is 35.0 Å². The highest BCUT2D eigenvalue weighted by Crippen LogP contribution is 2.34. The number of hydrogen-bond acceptors (Lipinski definition) is 8. The van der Waals surface area contributed by atoms with Gasteiger partial charge in [0.1, 0.15) is 12.4 Å². The smallest absolute Gasteiger partial charge is 0.434 e. The predicted molar refractivity (Wildman–Crippen MR) is 182 cm³/mol. The first-order chi connectivity index (χ1) is 25.4. The van der Waals surface area contributed by atoms with Crippen LogP contribution >= 0.6 is 0 Å². The summed E-state index contributed by atoms with van der Waals surface area (Å²) in [6.07, 6.45) is -1.17. The summed E-state index contributed by atoms with van der Waals surface area (Å²) >= 11 is 0. The van der Waals surface area contributed by atoms with Crippen LogP contribution in [0.1, 0.15) is 21.6 Å². The standard InChI is InChI=1S/C36H29F5N8O4/c1-2-31(50)48-17-16-47(32(51)21-48)15-13-22-4-3-5-24(18-22)45-35-42-14-12-30(46-35)53-29-11-8-25(19-28(29)38)44-34(52)27-20-43-49(33(27)36(39,40)41)26-9-6-23(37)7-10-26/h2-12,14,18-20H,1,13,15-17,21H2,(H,44,52)(H,42,45,46). The van der Waals surface area contributed by atoms with Gasteiger partial charge in [-0.2, -0.15) is 23.3 Å². The van der Waals surface area contributed by atoms with Crippen LogP contribution in [0.4, 0.5) is 39.3 Å². The van der Waals surface area contributed by atoms with Crippen molar-refractivity contribution in [3.05, 3.63) is 126 Å². The van der Waals surface area contributed by atoms with Crippen molar-refractivity contribution in [1.82, 2.24) is 29.5 Å². The molecule has 0 aliphatic carbocycles. The summed E-state index contributed by atoms with van der Waals surface area (Å²) in [6, 6.07) is 16.1. The molecule has 0 atom stereocenters. The number of nitrogens with one attached hydrogen (secondary N) is 2. The summed E-state index contributed by atoms with van der Waals surface area (Å²) in [7, 11) is 0. The SMILES string of the molecule is C=CC(=O)N1CCN(CCc2cccc(Nc3nccc(Oc4ccc(NC(=O)c5cnn(-c6ccc(F)cc6)c5C(F)(F)F)cc4F)n3)c2)C(=O)C1. The third-order valence-corrected chi connectivity index (χ3v) is 8.05. The van der Waals surface area contributed by atoms with Gasteiger partial charge >= 0.3 is 6.18 Å². The Hall–Kier alpha value is -6.65. The fourth-order valence-corrected chi connectivity index (χ4v) is 5.46. The van der Waals surface area contributed by atoms with Crippen LogP contribution < -0.4 is 15.4 Å². The van der Waals surface area contributed by atoms with Crippen molar-refractivity contribution in [2.45, 2.75) is 12.6 Å². The minimum atomic E-state index is -5.01. The number of aromatic nitrogens is 4. The van der Waals surface area contributed by atoms with E-state index >= 15 is 4.39 Å². The number of alkyl halides is 3. The van der Waals surface area contributed by atoms with Gasteiger partial charge in [-0.3, -0.25) is 14.4 Å². The van der Waals surface area contributed by atoms with E-state index in [0.29, 0.717) is 42.6 Å². The number of ether oxygens (including phenoxy) is 1. The number of piperazine rings is 1. The molecule has 0 radical (unpaired) electrons. The first-order valence-electron chi connectivity index (χ1n) is 16.0. The van der Waals surface area contributed by atoms with Crippen molar-refractivity contribution in [3.63, 3.8) is 0 Å². The van der Waals surface area contributed by atoms with Crippen LogP contribution in [0, 0.1) is 11.6 Å². The van der Waals surface area contributed by atoms with Crippen LogP contribution in [0.15, 0.2) is 97.8 Å². The van der Waals surface area contributed by atoms with Crippen LogP contribution in [0.25, 0.3) is 5.69 Å². The predicted octanol–water partition coefficient (Wildman–Crippen LogP) is 6.15. The van der Waals surface area contributed by atoms with E-state index in [2.05, 4.69) is 32.3 Å². The lowest BCUT2D eigenvalue weighted by molar-refractivity contribution is -0.143.